The molecule has 1 aromatic rings. The molecule has 15 heavy (non-hydrogen) atoms. The van der Waals surface area contributed by atoms with Gasteiger partial charge in [-0.05, 0) is 13.8 Å². The minimum atomic E-state index is -0.940. The number of anilines is 1. The number of aliphatic carboxylic acids is 1. The van der Waals surface area contributed by atoms with Crippen LogP contribution in [0.1, 0.15) is 12.6 Å². The third-order valence-corrected chi connectivity index (χ3v) is 1.75. The molecule has 6 heteroatoms. The van der Waals surface area contributed by atoms with Crippen LogP contribution in [0, 0.1) is 6.92 Å². The highest BCUT2D eigenvalue weighted by molar-refractivity contribution is 5.76. The molecule has 0 saturated heterocycles. The van der Waals surface area contributed by atoms with Crippen molar-refractivity contribution in [2.45, 2.75) is 19.9 Å². The number of aryl methyl sites for hydroxylation is 1. The van der Waals surface area contributed by atoms with E-state index in [2.05, 4.69) is 15.3 Å². The van der Waals surface area contributed by atoms with Gasteiger partial charge in [-0.15, -0.1) is 0 Å². The first-order chi connectivity index (χ1) is 7.02. The zero-order chi connectivity index (χ0) is 11.4. The van der Waals surface area contributed by atoms with Crippen LogP contribution in [-0.2, 0) is 4.79 Å². The van der Waals surface area contributed by atoms with Crippen molar-refractivity contribution in [3.8, 4) is 6.01 Å². The molecule has 1 rings (SSSR count). The summed E-state index contributed by atoms with van der Waals surface area (Å²) < 4.78 is 4.87. The number of aromatic nitrogens is 2. The molecule has 0 radical (unpaired) electrons. The van der Waals surface area contributed by atoms with Crippen molar-refractivity contribution < 1.29 is 14.6 Å². The van der Waals surface area contributed by atoms with Crippen LogP contribution in [0.3, 0.4) is 0 Å². The molecule has 0 saturated carbocycles. The zero-order valence-electron chi connectivity index (χ0n) is 8.81. The fourth-order valence-corrected chi connectivity index (χ4v) is 0.990. The molecular formula is C9H13N3O3. The van der Waals surface area contributed by atoms with Crippen molar-refractivity contribution in [1.29, 1.82) is 0 Å². The number of carbonyl (C=O) groups is 1. The van der Waals surface area contributed by atoms with E-state index in [4.69, 9.17) is 9.84 Å². The SMILES string of the molecule is COc1nc(C)cc(N[C@H](C)C(=O)O)n1. The van der Waals surface area contributed by atoms with Crippen LogP contribution >= 0.6 is 0 Å². The van der Waals surface area contributed by atoms with Crippen molar-refractivity contribution in [1.82, 2.24) is 9.97 Å². The second kappa shape index (κ2) is 4.59. The monoisotopic (exact) mass is 211 g/mol. The maximum Gasteiger partial charge on any atom is 0.325 e. The van der Waals surface area contributed by atoms with E-state index < -0.39 is 12.0 Å². The second-order valence-corrected chi connectivity index (χ2v) is 3.09. The number of nitrogens with one attached hydrogen (secondary N) is 1. The topological polar surface area (TPSA) is 84.3 Å². The first-order valence-electron chi connectivity index (χ1n) is 4.42. The van der Waals surface area contributed by atoms with Crippen LogP contribution in [-0.4, -0.2) is 34.2 Å². The number of carboxylic acid groups (broad SMARTS) is 1. The molecular weight excluding hydrogens is 198 g/mol. The van der Waals surface area contributed by atoms with E-state index >= 15 is 0 Å². The van der Waals surface area contributed by atoms with Gasteiger partial charge in [-0.3, -0.25) is 4.79 Å². The van der Waals surface area contributed by atoms with Crippen molar-refractivity contribution >= 4 is 11.8 Å². The van der Waals surface area contributed by atoms with E-state index in [1.165, 1.54) is 14.0 Å². The number of methoxy groups -OCH3 is 1. The standard InChI is InChI=1S/C9H13N3O3/c1-5-4-7(11-6(2)8(13)14)12-9(10-5)15-3/h4,6H,1-3H3,(H,13,14)(H,10,11,12)/t6-/m1/s1. The Hall–Kier alpha value is -1.85. The minimum absolute atomic E-state index is 0.218. The molecule has 0 spiro atoms. The Balaban J connectivity index is 2.85. The minimum Gasteiger partial charge on any atom is -0.480 e. The number of rotatable bonds is 4. The summed E-state index contributed by atoms with van der Waals surface area (Å²) >= 11 is 0. The van der Waals surface area contributed by atoms with Crippen LogP contribution in [0.5, 0.6) is 6.01 Å². The average molecular weight is 211 g/mol. The summed E-state index contributed by atoms with van der Waals surface area (Å²) in [6.07, 6.45) is 0. The van der Waals surface area contributed by atoms with Gasteiger partial charge in [0.15, 0.2) is 0 Å². The molecule has 2 N–H and O–H groups in total. The molecule has 0 aliphatic rings. The van der Waals surface area contributed by atoms with Gasteiger partial charge < -0.3 is 15.2 Å². The molecule has 0 amide bonds. The molecule has 82 valence electrons. The van der Waals surface area contributed by atoms with E-state index in [-0.39, 0.29) is 6.01 Å². The summed E-state index contributed by atoms with van der Waals surface area (Å²) in [4.78, 5) is 18.6. The Labute approximate surface area is 87.3 Å². The third-order valence-electron chi connectivity index (χ3n) is 1.75. The highest BCUT2D eigenvalue weighted by atomic mass is 16.5. The molecule has 1 aromatic heterocycles. The van der Waals surface area contributed by atoms with Gasteiger partial charge in [0.2, 0.25) is 0 Å². The molecule has 6 nitrogen and oxygen atoms in total. The Morgan fingerprint density at radius 1 is 1.60 bits per heavy atom. The quantitative estimate of drug-likeness (QED) is 0.761. The van der Waals surface area contributed by atoms with Crippen LogP contribution in [0.15, 0.2) is 6.07 Å². The van der Waals surface area contributed by atoms with Gasteiger partial charge in [0.05, 0.1) is 7.11 Å². The van der Waals surface area contributed by atoms with Crippen LogP contribution in [0.2, 0.25) is 0 Å². The molecule has 1 heterocycles. The second-order valence-electron chi connectivity index (χ2n) is 3.09. The third kappa shape index (κ3) is 3.08. The van der Waals surface area contributed by atoms with Gasteiger partial charge in [0, 0.05) is 11.8 Å². The van der Waals surface area contributed by atoms with Crippen molar-refractivity contribution in [2.24, 2.45) is 0 Å². The van der Waals surface area contributed by atoms with Crippen molar-refractivity contribution in [3.05, 3.63) is 11.8 Å². The van der Waals surface area contributed by atoms with E-state index in [0.29, 0.717) is 11.5 Å². The Bertz CT molecular complexity index is 368. The smallest absolute Gasteiger partial charge is 0.325 e. The van der Waals surface area contributed by atoms with Gasteiger partial charge in [-0.2, -0.15) is 4.98 Å². The lowest BCUT2D eigenvalue weighted by Gasteiger charge is -2.10. The van der Waals surface area contributed by atoms with Gasteiger partial charge in [0.1, 0.15) is 11.9 Å². The number of ether oxygens (including phenoxy) is 1. The van der Waals surface area contributed by atoms with E-state index in [1.807, 2.05) is 0 Å². The fourth-order valence-electron chi connectivity index (χ4n) is 0.990. The highest BCUT2D eigenvalue weighted by Gasteiger charge is 2.11. The van der Waals surface area contributed by atoms with Crippen molar-refractivity contribution in [2.75, 3.05) is 12.4 Å². The first-order valence-corrected chi connectivity index (χ1v) is 4.42. The van der Waals surface area contributed by atoms with E-state index in [9.17, 15) is 4.79 Å². The van der Waals surface area contributed by atoms with Crippen LogP contribution < -0.4 is 10.1 Å². The summed E-state index contributed by atoms with van der Waals surface area (Å²) in [5, 5.41) is 11.4. The fraction of sp³-hybridized carbons (Fsp3) is 0.444. The van der Waals surface area contributed by atoms with Crippen LogP contribution in [0.25, 0.3) is 0 Å². The number of nitrogens with zero attached hydrogens (tertiary/aromatic N) is 2. The molecule has 0 fully saturated rings. The Kier molecular flexibility index (Phi) is 3.43. The lowest BCUT2D eigenvalue weighted by molar-refractivity contribution is -0.137. The van der Waals surface area contributed by atoms with E-state index in [0.717, 1.165) is 0 Å². The molecule has 0 aromatic carbocycles. The van der Waals surface area contributed by atoms with Gasteiger partial charge >= 0.3 is 12.0 Å². The number of hydrogen-bond acceptors (Lipinski definition) is 5. The van der Waals surface area contributed by atoms with Gasteiger partial charge in [-0.25, -0.2) is 4.98 Å². The number of carboxylic acids is 1. The van der Waals surface area contributed by atoms with Crippen molar-refractivity contribution in [3.63, 3.8) is 0 Å². The predicted molar refractivity (Wildman–Crippen MR) is 54.0 cm³/mol. The highest BCUT2D eigenvalue weighted by Crippen LogP contribution is 2.11. The molecule has 0 unspecified atom stereocenters. The Morgan fingerprint density at radius 3 is 2.80 bits per heavy atom. The molecule has 1 atom stereocenters. The summed E-state index contributed by atoms with van der Waals surface area (Å²) in [6, 6.07) is 1.17. The Morgan fingerprint density at radius 2 is 2.27 bits per heavy atom. The normalized spacial score (nSPS) is 11.9. The first kappa shape index (κ1) is 11.2. The van der Waals surface area contributed by atoms with E-state index in [1.54, 1.807) is 13.0 Å². The molecule has 0 aliphatic heterocycles. The number of hydrogen-bond donors (Lipinski definition) is 2. The maximum absolute atomic E-state index is 10.6. The summed E-state index contributed by atoms with van der Waals surface area (Å²) in [5.41, 5.74) is 0.710. The van der Waals surface area contributed by atoms with Crippen LogP contribution in [0.4, 0.5) is 5.82 Å². The lowest BCUT2D eigenvalue weighted by atomic mass is 10.3. The molecule has 0 bridgehead atoms. The van der Waals surface area contributed by atoms with Gasteiger partial charge in [0.25, 0.3) is 0 Å². The summed E-state index contributed by atoms with van der Waals surface area (Å²) in [7, 11) is 1.46. The van der Waals surface area contributed by atoms with Gasteiger partial charge in [-0.1, -0.05) is 0 Å². The molecule has 0 aliphatic carbocycles. The lowest BCUT2D eigenvalue weighted by Crippen LogP contribution is -2.26. The average Bonchev–Trinajstić information content (AvgIpc) is 2.16. The summed E-state index contributed by atoms with van der Waals surface area (Å²) in [5.74, 6) is -0.500. The summed E-state index contributed by atoms with van der Waals surface area (Å²) in [6.45, 7) is 3.31. The zero-order valence-corrected chi connectivity index (χ0v) is 8.81. The largest absolute Gasteiger partial charge is 0.480 e. The maximum atomic E-state index is 10.6. The predicted octanol–water partition coefficient (Wildman–Crippen LogP) is 0.679.